The number of rotatable bonds is 9. The second-order valence-corrected chi connectivity index (χ2v) is 4.32. The van der Waals surface area contributed by atoms with Gasteiger partial charge < -0.3 is 15.2 Å². The lowest BCUT2D eigenvalue weighted by Gasteiger charge is -2.10. The molecule has 0 radical (unpaired) electrons. The monoisotopic (exact) mass is 265 g/mol. The maximum atomic E-state index is 12.0. The van der Waals surface area contributed by atoms with E-state index >= 15 is 0 Å². The number of hydrogen-bond donors (Lipinski definition) is 2. The number of unbranched alkanes of at least 4 members (excludes halogenated alkanes) is 3. The van der Waals surface area contributed by atoms with Crippen LogP contribution in [0.5, 0.6) is 5.75 Å². The number of carbonyl (C=O) groups is 1. The molecular formula is C15H23NO3. The van der Waals surface area contributed by atoms with Crippen molar-refractivity contribution in [2.75, 3.05) is 19.8 Å². The first-order chi connectivity index (χ1) is 9.29. The molecule has 1 amide bonds. The highest BCUT2D eigenvalue weighted by Crippen LogP contribution is 2.17. The average molecular weight is 265 g/mol. The smallest absolute Gasteiger partial charge is 0.255 e. The molecule has 0 heterocycles. The third-order valence-corrected chi connectivity index (χ3v) is 2.80. The number of aliphatic hydroxyl groups excluding tert-OH is 1. The van der Waals surface area contributed by atoms with E-state index in [-0.39, 0.29) is 12.5 Å². The number of aliphatic hydroxyl groups is 1. The quantitative estimate of drug-likeness (QED) is 0.674. The van der Waals surface area contributed by atoms with Gasteiger partial charge in [-0.25, -0.2) is 0 Å². The van der Waals surface area contributed by atoms with E-state index in [0.717, 1.165) is 25.7 Å². The topological polar surface area (TPSA) is 58.6 Å². The van der Waals surface area contributed by atoms with Crippen LogP contribution in [0.3, 0.4) is 0 Å². The molecule has 0 saturated heterocycles. The van der Waals surface area contributed by atoms with E-state index in [1.807, 2.05) is 19.1 Å². The van der Waals surface area contributed by atoms with Gasteiger partial charge in [-0.2, -0.15) is 0 Å². The third-order valence-electron chi connectivity index (χ3n) is 2.80. The fraction of sp³-hybridized carbons (Fsp3) is 0.533. The Bertz CT molecular complexity index is 379. The maximum Gasteiger partial charge on any atom is 0.255 e. The highest BCUT2D eigenvalue weighted by molar-refractivity contribution is 5.96. The van der Waals surface area contributed by atoms with Crippen molar-refractivity contribution in [1.29, 1.82) is 0 Å². The second kappa shape index (κ2) is 9.39. The maximum absolute atomic E-state index is 12.0. The van der Waals surface area contributed by atoms with Gasteiger partial charge in [-0.05, 0) is 31.9 Å². The van der Waals surface area contributed by atoms with Gasteiger partial charge in [-0.15, -0.1) is 0 Å². The van der Waals surface area contributed by atoms with Crippen LogP contribution < -0.4 is 10.1 Å². The van der Waals surface area contributed by atoms with Gasteiger partial charge in [-0.1, -0.05) is 25.0 Å². The van der Waals surface area contributed by atoms with Gasteiger partial charge in [0.05, 0.1) is 12.2 Å². The van der Waals surface area contributed by atoms with Crippen molar-refractivity contribution in [3.8, 4) is 5.75 Å². The van der Waals surface area contributed by atoms with Crippen LogP contribution in [0.25, 0.3) is 0 Å². The van der Waals surface area contributed by atoms with E-state index in [4.69, 9.17) is 9.84 Å². The van der Waals surface area contributed by atoms with Crippen molar-refractivity contribution < 1.29 is 14.6 Å². The Morgan fingerprint density at radius 1 is 1.21 bits per heavy atom. The zero-order chi connectivity index (χ0) is 13.9. The Morgan fingerprint density at radius 2 is 1.95 bits per heavy atom. The Morgan fingerprint density at radius 3 is 2.68 bits per heavy atom. The Balaban J connectivity index is 2.36. The first-order valence-corrected chi connectivity index (χ1v) is 6.90. The zero-order valence-electron chi connectivity index (χ0n) is 11.5. The molecule has 0 aromatic heterocycles. The summed E-state index contributed by atoms with van der Waals surface area (Å²) >= 11 is 0. The summed E-state index contributed by atoms with van der Waals surface area (Å²) in [5.74, 6) is 0.536. The summed E-state index contributed by atoms with van der Waals surface area (Å²) in [6.07, 6.45) is 3.79. The van der Waals surface area contributed by atoms with Crippen LogP contribution >= 0.6 is 0 Å². The first kappa shape index (κ1) is 15.5. The molecule has 106 valence electrons. The predicted octanol–water partition coefficient (Wildman–Crippen LogP) is 2.37. The molecule has 0 atom stereocenters. The standard InChI is InChI=1S/C15H23NO3/c1-2-19-14-10-6-5-9-13(14)15(18)16-11-7-3-4-8-12-17/h5-6,9-10,17H,2-4,7-8,11-12H2,1H3,(H,16,18). The Hall–Kier alpha value is -1.55. The summed E-state index contributed by atoms with van der Waals surface area (Å²) in [6, 6.07) is 7.26. The summed E-state index contributed by atoms with van der Waals surface area (Å²) in [6.45, 7) is 3.35. The minimum atomic E-state index is -0.0915. The van der Waals surface area contributed by atoms with Crippen LogP contribution in [0, 0.1) is 0 Å². The molecule has 19 heavy (non-hydrogen) atoms. The largest absolute Gasteiger partial charge is 0.493 e. The Kier molecular flexibility index (Phi) is 7.66. The van der Waals surface area contributed by atoms with E-state index < -0.39 is 0 Å². The van der Waals surface area contributed by atoms with Crippen molar-refractivity contribution in [1.82, 2.24) is 5.32 Å². The van der Waals surface area contributed by atoms with Gasteiger partial charge in [0.1, 0.15) is 5.75 Å². The molecule has 0 aliphatic heterocycles. The summed E-state index contributed by atoms with van der Waals surface area (Å²) in [5.41, 5.74) is 0.583. The highest BCUT2D eigenvalue weighted by atomic mass is 16.5. The van der Waals surface area contributed by atoms with Gasteiger partial charge in [0.25, 0.3) is 5.91 Å². The zero-order valence-corrected chi connectivity index (χ0v) is 11.5. The number of carbonyl (C=O) groups excluding carboxylic acids is 1. The summed E-state index contributed by atoms with van der Waals surface area (Å²) in [7, 11) is 0. The average Bonchev–Trinajstić information content (AvgIpc) is 2.43. The molecule has 1 aromatic rings. The summed E-state index contributed by atoms with van der Waals surface area (Å²) in [4.78, 5) is 12.0. The summed E-state index contributed by atoms with van der Waals surface area (Å²) < 4.78 is 5.43. The molecule has 2 N–H and O–H groups in total. The highest BCUT2D eigenvalue weighted by Gasteiger charge is 2.10. The van der Waals surface area contributed by atoms with E-state index in [1.54, 1.807) is 12.1 Å². The van der Waals surface area contributed by atoms with Crippen LogP contribution in [0.4, 0.5) is 0 Å². The van der Waals surface area contributed by atoms with E-state index in [9.17, 15) is 4.79 Å². The lowest BCUT2D eigenvalue weighted by molar-refractivity contribution is 0.0949. The fourth-order valence-electron chi connectivity index (χ4n) is 1.82. The lowest BCUT2D eigenvalue weighted by Crippen LogP contribution is -2.25. The minimum absolute atomic E-state index is 0.0915. The van der Waals surface area contributed by atoms with Gasteiger partial charge in [0, 0.05) is 13.2 Å². The molecule has 1 rings (SSSR count). The second-order valence-electron chi connectivity index (χ2n) is 4.32. The van der Waals surface area contributed by atoms with Gasteiger partial charge >= 0.3 is 0 Å². The molecule has 4 nitrogen and oxygen atoms in total. The van der Waals surface area contributed by atoms with Gasteiger partial charge in [-0.3, -0.25) is 4.79 Å². The van der Waals surface area contributed by atoms with Crippen molar-refractivity contribution in [2.24, 2.45) is 0 Å². The molecule has 0 aliphatic rings. The molecule has 1 aromatic carbocycles. The lowest BCUT2D eigenvalue weighted by atomic mass is 10.1. The number of para-hydroxylation sites is 1. The third kappa shape index (κ3) is 5.75. The van der Waals surface area contributed by atoms with Gasteiger partial charge in [0.2, 0.25) is 0 Å². The fourth-order valence-corrected chi connectivity index (χ4v) is 1.82. The van der Waals surface area contributed by atoms with Crippen molar-refractivity contribution in [2.45, 2.75) is 32.6 Å². The van der Waals surface area contributed by atoms with Crippen LogP contribution in [-0.4, -0.2) is 30.8 Å². The SMILES string of the molecule is CCOc1ccccc1C(=O)NCCCCCCO. The number of amides is 1. The summed E-state index contributed by atoms with van der Waals surface area (Å²) in [5, 5.41) is 11.6. The number of nitrogens with one attached hydrogen (secondary N) is 1. The van der Waals surface area contributed by atoms with Crippen LogP contribution in [0.1, 0.15) is 43.0 Å². The normalized spacial score (nSPS) is 10.2. The van der Waals surface area contributed by atoms with Crippen molar-refractivity contribution >= 4 is 5.91 Å². The van der Waals surface area contributed by atoms with E-state index in [0.29, 0.717) is 24.5 Å². The van der Waals surface area contributed by atoms with Crippen LogP contribution in [0.2, 0.25) is 0 Å². The molecule has 0 fully saturated rings. The first-order valence-electron chi connectivity index (χ1n) is 6.90. The van der Waals surface area contributed by atoms with E-state index in [1.165, 1.54) is 0 Å². The van der Waals surface area contributed by atoms with Crippen LogP contribution in [0.15, 0.2) is 24.3 Å². The molecule has 4 heteroatoms. The molecule has 0 unspecified atom stereocenters. The van der Waals surface area contributed by atoms with Crippen LogP contribution in [-0.2, 0) is 0 Å². The minimum Gasteiger partial charge on any atom is -0.493 e. The Labute approximate surface area is 114 Å². The van der Waals surface area contributed by atoms with Gasteiger partial charge in [0.15, 0.2) is 0 Å². The van der Waals surface area contributed by atoms with Crippen molar-refractivity contribution in [3.63, 3.8) is 0 Å². The molecular weight excluding hydrogens is 242 g/mol. The number of benzene rings is 1. The van der Waals surface area contributed by atoms with E-state index in [2.05, 4.69) is 5.32 Å². The predicted molar refractivity (Wildman–Crippen MR) is 75.5 cm³/mol. The number of ether oxygens (including phenoxy) is 1. The molecule has 0 spiro atoms. The van der Waals surface area contributed by atoms with Crippen molar-refractivity contribution in [3.05, 3.63) is 29.8 Å². The molecule has 0 bridgehead atoms. The molecule has 0 saturated carbocycles. The number of hydrogen-bond acceptors (Lipinski definition) is 3. The molecule has 0 aliphatic carbocycles.